The van der Waals surface area contributed by atoms with Gasteiger partial charge in [0.1, 0.15) is 5.69 Å². The lowest BCUT2D eigenvalue weighted by Gasteiger charge is -2.05. The van der Waals surface area contributed by atoms with Gasteiger partial charge < -0.3 is 5.32 Å². The van der Waals surface area contributed by atoms with E-state index in [2.05, 4.69) is 26.3 Å². The number of nitro benzene ring substituents is 1. The summed E-state index contributed by atoms with van der Waals surface area (Å²) in [7, 11) is 0. The molecule has 2 rings (SSSR count). The zero-order valence-electron chi connectivity index (χ0n) is 9.63. The van der Waals surface area contributed by atoms with Crippen LogP contribution in [0.1, 0.15) is 6.92 Å². The minimum Gasteiger partial charge on any atom is -0.347 e. The van der Waals surface area contributed by atoms with Crippen molar-refractivity contribution in [2.45, 2.75) is 13.5 Å². The molecule has 1 N–H and O–H groups in total. The molecule has 0 bridgehead atoms. The van der Waals surface area contributed by atoms with E-state index in [-0.39, 0.29) is 5.69 Å². The maximum absolute atomic E-state index is 10.9. The Labute approximate surface area is 112 Å². The summed E-state index contributed by atoms with van der Waals surface area (Å²) < 4.78 is 2.52. The van der Waals surface area contributed by atoms with E-state index in [0.29, 0.717) is 5.69 Å². The molecule has 0 amide bonds. The van der Waals surface area contributed by atoms with E-state index in [1.807, 2.05) is 6.92 Å². The molecule has 0 fully saturated rings. The van der Waals surface area contributed by atoms with Crippen LogP contribution in [0.25, 0.3) is 0 Å². The molecule has 2 aromatic rings. The molecule has 1 aromatic heterocycles. The summed E-state index contributed by atoms with van der Waals surface area (Å²) in [5, 5.41) is 18.0. The summed E-state index contributed by atoms with van der Waals surface area (Å²) in [6, 6.07) is 4.76. The van der Waals surface area contributed by atoms with Crippen LogP contribution in [0.15, 0.2) is 35.1 Å². The number of aryl methyl sites for hydroxylation is 1. The Kier molecular flexibility index (Phi) is 3.61. The number of aromatic nitrogens is 2. The fraction of sp³-hybridized carbons (Fsp3) is 0.182. The highest BCUT2D eigenvalue weighted by molar-refractivity contribution is 9.10. The summed E-state index contributed by atoms with van der Waals surface area (Å²) >= 11 is 3.29. The van der Waals surface area contributed by atoms with Gasteiger partial charge in [-0.25, -0.2) is 0 Å². The van der Waals surface area contributed by atoms with Crippen LogP contribution in [0.2, 0.25) is 0 Å². The number of nitrogens with zero attached hydrogens (tertiary/aromatic N) is 3. The van der Waals surface area contributed by atoms with Gasteiger partial charge in [-0.2, -0.15) is 5.10 Å². The van der Waals surface area contributed by atoms with E-state index in [1.165, 1.54) is 6.07 Å². The summed E-state index contributed by atoms with van der Waals surface area (Å²) in [6.45, 7) is 2.72. The quantitative estimate of drug-likeness (QED) is 0.694. The molecule has 0 unspecified atom stereocenters. The Morgan fingerprint density at radius 1 is 1.56 bits per heavy atom. The fourth-order valence-electron chi connectivity index (χ4n) is 1.52. The molecule has 0 radical (unpaired) electrons. The van der Waals surface area contributed by atoms with Gasteiger partial charge in [0.25, 0.3) is 5.69 Å². The van der Waals surface area contributed by atoms with Crippen molar-refractivity contribution in [2.75, 3.05) is 5.32 Å². The van der Waals surface area contributed by atoms with Gasteiger partial charge >= 0.3 is 0 Å². The second-order valence-electron chi connectivity index (χ2n) is 3.63. The number of rotatable bonds is 4. The average Bonchev–Trinajstić information content (AvgIpc) is 2.76. The van der Waals surface area contributed by atoms with E-state index in [4.69, 9.17) is 0 Å². The Morgan fingerprint density at radius 3 is 2.94 bits per heavy atom. The van der Waals surface area contributed by atoms with Crippen LogP contribution < -0.4 is 5.32 Å². The van der Waals surface area contributed by atoms with Gasteiger partial charge in [-0.3, -0.25) is 14.8 Å². The molecule has 0 aliphatic rings. The Balaban J connectivity index is 2.32. The predicted octanol–water partition coefficient (Wildman–Crippen LogP) is 3.32. The van der Waals surface area contributed by atoms with E-state index >= 15 is 0 Å². The largest absolute Gasteiger partial charge is 0.347 e. The van der Waals surface area contributed by atoms with E-state index < -0.39 is 4.92 Å². The average molecular weight is 311 g/mol. The predicted molar refractivity (Wildman–Crippen MR) is 72.0 cm³/mol. The fourth-order valence-corrected chi connectivity index (χ4v) is 1.89. The SMILES string of the molecule is CCn1cc(Nc2cc(Br)ccc2[N+](=O)[O-])cn1. The molecule has 1 aromatic carbocycles. The molecular formula is C11H11BrN4O2. The highest BCUT2D eigenvalue weighted by Crippen LogP contribution is 2.30. The molecule has 0 aliphatic carbocycles. The normalized spacial score (nSPS) is 10.3. The van der Waals surface area contributed by atoms with Gasteiger partial charge in [0.15, 0.2) is 0 Å². The maximum Gasteiger partial charge on any atom is 0.292 e. The highest BCUT2D eigenvalue weighted by Gasteiger charge is 2.14. The van der Waals surface area contributed by atoms with Crippen molar-refractivity contribution < 1.29 is 4.92 Å². The van der Waals surface area contributed by atoms with Crippen molar-refractivity contribution in [1.82, 2.24) is 9.78 Å². The van der Waals surface area contributed by atoms with Crippen LogP contribution in [-0.2, 0) is 6.54 Å². The third kappa shape index (κ3) is 2.67. The Hall–Kier alpha value is -1.89. The molecule has 7 heteroatoms. The summed E-state index contributed by atoms with van der Waals surface area (Å²) in [4.78, 5) is 10.5. The van der Waals surface area contributed by atoms with Crippen LogP contribution in [0.3, 0.4) is 0 Å². The number of benzene rings is 1. The first-order valence-corrected chi connectivity index (χ1v) is 6.13. The topological polar surface area (TPSA) is 73.0 Å². The number of halogens is 1. The minimum atomic E-state index is -0.418. The number of hydrogen-bond donors (Lipinski definition) is 1. The lowest BCUT2D eigenvalue weighted by Crippen LogP contribution is -1.96. The van der Waals surface area contributed by atoms with Crippen LogP contribution in [0.4, 0.5) is 17.1 Å². The first kappa shape index (κ1) is 12.6. The first-order valence-electron chi connectivity index (χ1n) is 5.33. The van der Waals surface area contributed by atoms with Crippen LogP contribution in [-0.4, -0.2) is 14.7 Å². The third-order valence-corrected chi connectivity index (χ3v) is 2.88. The third-order valence-electron chi connectivity index (χ3n) is 2.39. The number of hydrogen-bond acceptors (Lipinski definition) is 4. The lowest BCUT2D eigenvalue weighted by atomic mass is 10.2. The molecule has 0 saturated carbocycles. The number of anilines is 2. The number of nitrogens with one attached hydrogen (secondary N) is 1. The summed E-state index contributed by atoms with van der Waals surface area (Å²) in [6.07, 6.45) is 3.43. The molecule has 0 spiro atoms. The monoisotopic (exact) mass is 310 g/mol. The molecule has 6 nitrogen and oxygen atoms in total. The summed E-state index contributed by atoms with van der Waals surface area (Å²) in [5.74, 6) is 0. The first-order chi connectivity index (χ1) is 8.60. The molecule has 0 aliphatic heterocycles. The van der Waals surface area contributed by atoms with Crippen molar-refractivity contribution in [3.63, 3.8) is 0 Å². The Bertz CT molecular complexity index is 582. The van der Waals surface area contributed by atoms with E-state index in [9.17, 15) is 10.1 Å². The molecule has 1 heterocycles. The van der Waals surface area contributed by atoms with Crippen LogP contribution in [0.5, 0.6) is 0 Å². The minimum absolute atomic E-state index is 0.0300. The van der Waals surface area contributed by atoms with E-state index in [1.54, 1.807) is 29.2 Å². The van der Waals surface area contributed by atoms with Gasteiger partial charge in [0.2, 0.25) is 0 Å². The maximum atomic E-state index is 10.9. The molecule has 18 heavy (non-hydrogen) atoms. The molecule has 94 valence electrons. The highest BCUT2D eigenvalue weighted by atomic mass is 79.9. The van der Waals surface area contributed by atoms with Crippen LogP contribution in [0, 0.1) is 10.1 Å². The number of nitro groups is 1. The van der Waals surface area contributed by atoms with Crippen molar-refractivity contribution in [1.29, 1.82) is 0 Å². The lowest BCUT2D eigenvalue weighted by molar-refractivity contribution is -0.383. The molecule has 0 saturated heterocycles. The van der Waals surface area contributed by atoms with Gasteiger partial charge in [0.05, 0.1) is 16.8 Å². The van der Waals surface area contributed by atoms with Crippen LogP contribution >= 0.6 is 15.9 Å². The Morgan fingerprint density at radius 2 is 2.33 bits per heavy atom. The van der Waals surface area contributed by atoms with Crippen molar-refractivity contribution in [3.05, 3.63) is 45.2 Å². The zero-order chi connectivity index (χ0) is 13.1. The zero-order valence-corrected chi connectivity index (χ0v) is 11.2. The van der Waals surface area contributed by atoms with Crippen molar-refractivity contribution in [2.24, 2.45) is 0 Å². The van der Waals surface area contributed by atoms with Gasteiger partial charge in [-0.05, 0) is 19.1 Å². The van der Waals surface area contributed by atoms with E-state index in [0.717, 1.165) is 16.7 Å². The van der Waals surface area contributed by atoms with Crippen molar-refractivity contribution in [3.8, 4) is 0 Å². The molecule has 0 atom stereocenters. The smallest absolute Gasteiger partial charge is 0.292 e. The van der Waals surface area contributed by atoms with Gasteiger partial charge in [-0.1, -0.05) is 15.9 Å². The molecular weight excluding hydrogens is 300 g/mol. The van der Waals surface area contributed by atoms with Gasteiger partial charge in [0, 0.05) is 23.3 Å². The summed E-state index contributed by atoms with van der Waals surface area (Å²) in [5.41, 5.74) is 1.19. The second-order valence-corrected chi connectivity index (χ2v) is 4.54. The van der Waals surface area contributed by atoms with Crippen molar-refractivity contribution >= 4 is 33.0 Å². The van der Waals surface area contributed by atoms with Gasteiger partial charge in [-0.15, -0.1) is 0 Å². The second kappa shape index (κ2) is 5.18. The standard InChI is InChI=1S/C11H11BrN4O2/c1-2-15-7-9(6-13-15)14-10-5-8(12)3-4-11(10)16(17)18/h3-7,14H,2H2,1H3.